The molecule has 0 aliphatic carbocycles. The second kappa shape index (κ2) is 6.58. The summed E-state index contributed by atoms with van der Waals surface area (Å²) in [4.78, 5) is 11.5. The third-order valence-corrected chi connectivity index (χ3v) is 2.17. The van der Waals surface area contributed by atoms with Crippen molar-refractivity contribution >= 4 is 12.0 Å². The lowest BCUT2D eigenvalue weighted by molar-refractivity contribution is 0.0600. The van der Waals surface area contributed by atoms with Crippen LogP contribution in [0.1, 0.15) is 22.8 Å². The van der Waals surface area contributed by atoms with E-state index in [0.717, 1.165) is 0 Å². The first-order valence-electron chi connectivity index (χ1n) is 5.27. The molecule has 17 heavy (non-hydrogen) atoms. The Balaban J connectivity index is 3.07. The van der Waals surface area contributed by atoms with E-state index in [1.54, 1.807) is 37.6 Å². The van der Waals surface area contributed by atoms with Gasteiger partial charge in [-0.3, -0.25) is 0 Å². The Morgan fingerprint density at radius 3 is 2.71 bits per heavy atom. The van der Waals surface area contributed by atoms with Gasteiger partial charge < -0.3 is 14.2 Å². The van der Waals surface area contributed by atoms with Crippen LogP contribution in [-0.4, -0.2) is 26.8 Å². The fraction of sp³-hybridized carbons (Fsp3) is 0.308. The standard InChI is InChI=1S/C13H16O4/c1-4-17-8-7-10-9-11(15-2)5-6-12(10)13(14)16-3/h5-9H,4H2,1-3H3/b8-7+. The van der Waals surface area contributed by atoms with Gasteiger partial charge in [-0.1, -0.05) is 0 Å². The molecular formula is C13H16O4. The molecule has 1 aromatic carbocycles. The second-order valence-electron chi connectivity index (χ2n) is 3.20. The first-order valence-corrected chi connectivity index (χ1v) is 5.27. The van der Waals surface area contributed by atoms with Crippen molar-refractivity contribution in [1.29, 1.82) is 0 Å². The minimum atomic E-state index is -0.385. The molecule has 0 unspecified atom stereocenters. The summed E-state index contributed by atoms with van der Waals surface area (Å²) in [6.07, 6.45) is 3.25. The molecule has 1 aromatic rings. The highest BCUT2D eigenvalue weighted by molar-refractivity contribution is 5.93. The van der Waals surface area contributed by atoms with Crippen molar-refractivity contribution in [3.63, 3.8) is 0 Å². The van der Waals surface area contributed by atoms with Crippen LogP contribution in [0.15, 0.2) is 24.5 Å². The zero-order valence-electron chi connectivity index (χ0n) is 10.2. The Bertz CT molecular complexity index is 410. The van der Waals surface area contributed by atoms with Crippen molar-refractivity contribution in [3.05, 3.63) is 35.6 Å². The molecule has 0 aliphatic heterocycles. The van der Waals surface area contributed by atoms with Crippen LogP contribution in [0.4, 0.5) is 0 Å². The summed E-state index contributed by atoms with van der Waals surface area (Å²) in [7, 11) is 2.92. The van der Waals surface area contributed by atoms with Gasteiger partial charge in [0.2, 0.25) is 0 Å². The van der Waals surface area contributed by atoms with E-state index in [9.17, 15) is 4.79 Å². The number of esters is 1. The van der Waals surface area contributed by atoms with E-state index in [2.05, 4.69) is 0 Å². The molecule has 0 amide bonds. The summed E-state index contributed by atoms with van der Waals surface area (Å²) in [5, 5.41) is 0. The van der Waals surface area contributed by atoms with Gasteiger partial charge in [0.05, 0.1) is 32.7 Å². The van der Waals surface area contributed by atoms with Gasteiger partial charge in [-0.15, -0.1) is 0 Å². The molecule has 92 valence electrons. The SMILES string of the molecule is CCO/C=C/c1cc(OC)ccc1C(=O)OC. The highest BCUT2D eigenvalue weighted by Crippen LogP contribution is 2.19. The van der Waals surface area contributed by atoms with Crippen molar-refractivity contribution in [3.8, 4) is 5.75 Å². The lowest BCUT2D eigenvalue weighted by Crippen LogP contribution is -2.03. The van der Waals surface area contributed by atoms with Gasteiger partial charge in [0.1, 0.15) is 5.75 Å². The molecule has 0 saturated heterocycles. The quantitative estimate of drug-likeness (QED) is 0.582. The van der Waals surface area contributed by atoms with Crippen molar-refractivity contribution in [2.24, 2.45) is 0 Å². The van der Waals surface area contributed by atoms with Crippen molar-refractivity contribution in [2.75, 3.05) is 20.8 Å². The lowest BCUT2D eigenvalue weighted by Gasteiger charge is -2.06. The molecule has 0 aliphatic rings. The van der Waals surface area contributed by atoms with E-state index in [1.807, 2.05) is 6.92 Å². The summed E-state index contributed by atoms with van der Waals surface area (Å²) in [6, 6.07) is 5.13. The minimum absolute atomic E-state index is 0.385. The molecule has 4 nitrogen and oxygen atoms in total. The Morgan fingerprint density at radius 2 is 2.12 bits per heavy atom. The Kier molecular flexibility index (Phi) is 5.07. The Labute approximate surface area is 101 Å². The largest absolute Gasteiger partial charge is 0.501 e. The maximum Gasteiger partial charge on any atom is 0.338 e. The van der Waals surface area contributed by atoms with Crippen LogP contribution in [0.5, 0.6) is 5.75 Å². The summed E-state index contributed by atoms with van der Waals surface area (Å²) in [5.41, 5.74) is 1.17. The molecule has 0 spiro atoms. The van der Waals surface area contributed by atoms with Gasteiger partial charge in [-0.05, 0) is 36.8 Å². The first-order chi connectivity index (χ1) is 8.22. The van der Waals surface area contributed by atoms with Crippen LogP contribution in [-0.2, 0) is 9.47 Å². The molecule has 0 saturated carbocycles. The first kappa shape index (κ1) is 13.1. The fourth-order valence-electron chi connectivity index (χ4n) is 1.32. The Morgan fingerprint density at radius 1 is 1.35 bits per heavy atom. The molecule has 0 aromatic heterocycles. The predicted molar refractivity (Wildman–Crippen MR) is 65.0 cm³/mol. The van der Waals surface area contributed by atoms with Crippen LogP contribution < -0.4 is 4.74 Å². The second-order valence-corrected chi connectivity index (χ2v) is 3.20. The molecule has 0 radical (unpaired) electrons. The number of benzene rings is 1. The van der Waals surface area contributed by atoms with Crippen LogP contribution in [0.25, 0.3) is 6.08 Å². The van der Waals surface area contributed by atoms with Gasteiger partial charge in [0, 0.05) is 0 Å². The van der Waals surface area contributed by atoms with E-state index in [1.165, 1.54) is 7.11 Å². The highest BCUT2D eigenvalue weighted by Gasteiger charge is 2.10. The molecule has 0 bridgehead atoms. The maximum absolute atomic E-state index is 11.5. The van der Waals surface area contributed by atoms with Gasteiger partial charge in [0.15, 0.2) is 0 Å². The molecule has 0 N–H and O–H groups in total. The van der Waals surface area contributed by atoms with E-state index < -0.39 is 0 Å². The van der Waals surface area contributed by atoms with Gasteiger partial charge >= 0.3 is 5.97 Å². The summed E-state index contributed by atoms with van der Waals surface area (Å²) >= 11 is 0. The molecular weight excluding hydrogens is 220 g/mol. The molecule has 0 heterocycles. The molecule has 0 fully saturated rings. The van der Waals surface area contributed by atoms with Crippen LogP contribution in [0, 0.1) is 0 Å². The number of carbonyl (C=O) groups is 1. The van der Waals surface area contributed by atoms with Crippen LogP contribution in [0.2, 0.25) is 0 Å². The third kappa shape index (κ3) is 3.52. The summed E-state index contributed by atoms with van der Waals surface area (Å²) < 4.78 is 14.9. The van der Waals surface area contributed by atoms with E-state index in [0.29, 0.717) is 23.5 Å². The number of hydrogen-bond donors (Lipinski definition) is 0. The number of methoxy groups -OCH3 is 2. The highest BCUT2D eigenvalue weighted by atomic mass is 16.5. The smallest absolute Gasteiger partial charge is 0.338 e. The monoisotopic (exact) mass is 236 g/mol. The third-order valence-electron chi connectivity index (χ3n) is 2.17. The number of carbonyl (C=O) groups excluding carboxylic acids is 1. The average Bonchev–Trinajstić information content (AvgIpc) is 2.38. The Hall–Kier alpha value is -1.97. The maximum atomic E-state index is 11.5. The van der Waals surface area contributed by atoms with Gasteiger partial charge in [-0.25, -0.2) is 4.79 Å². The van der Waals surface area contributed by atoms with Crippen molar-refractivity contribution in [1.82, 2.24) is 0 Å². The number of rotatable bonds is 5. The fourth-order valence-corrected chi connectivity index (χ4v) is 1.32. The summed E-state index contributed by atoms with van der Waals surface area (Å²) in [6.45, 7) is 2.46. The van der Waals surface area contributed by atoms with Gasteiger partial charge in [0.25, 0.3) is 0 Å². The van der Waals surface area contributed by atoms with Crippen LogP contribution >= 0.6 is 0 Å². The number of ether oxygens (including phenoxy) is 3. The zero-order valence-corrected chi connectivity index (χ0v) is 10.2. The predicted octanol–water partition coefficient (Wildman–Crippen LogP) is 2.49. The minimum Gasteiger partial charge on any atom is -0.501 e. The van der Waals surface area contributed by atoms with Crippen molar-refractivity contribution < 1.29 is 19.0 Å². The zero-order chi connectivity index (χ0) is 12.7. The molecule has 4 heteroatoms. The van der Waals surface area contributed by atoms with E-state index in [4.69, 9.17) is 14.2 Å². The lowest BCUT2D eigenvalue weighted by atomic mass is 10.1. The van der Waals surface area contributed by atoms with Crippen LogP contribution in [0.3, 0.4) is 0 Å². The van der Waals surface area contributed by atoms with E-state index >= 15 is 0 Å². The average molecular weight is 236 g/mol. The normalized spacial score (nSPS) is 10.3. The summed E-state index contributed by atoms with van der Waals surface area (Å²) in [5.74, 6) is 0.289. The van der Waals surface area contributed by atoms with E-state index in [-0.39, 0.29) is 5.97 Å². The molecule has 1 rings (SSSR count). The van der Waals surface area contributed by atoms with Crippen molar-refractivity contribution in [2.45, 2.75) is 6.92 Å². The molecule has 0 atom stereocenters. The van der Waals surface area contributed by atoms with Gasteiger partial charge in [-0.2, -0.15) is 0 Å². The topological polar surface area (TPSA) is 44.8 Å². The number of hydrogen-bond acceptors (Lipinski definition) is 4.